The van der Waals surface area contributed by atoms with E-state index in [4.69, 9.17) is 19.9 Å². The molecule has 0 radical (unpaired) electrons. The third-order valence-corrected chi connectivity index (χ3v) is 2.88. The van der Waals surface area contributed by atoms with Crippen LogP contribution >= 0.6 is 0 Å². The van der Waals surface area contributed by atoms with Crippen molar-refractivity contribution in [1.29, 1.82) is 0 Å². The lowest BCUT2D eigenvalue weighted by atomic mass is 10.2. The van der Waals surface area contributed by atoms with Gasteiger partial charge in [0.25, 0.3) is 0 Å². The predicted molar refractivity (Wildman–Crippen MR) is 77.8 cm³/mol. The smallest absolute Gasteiger partial charge is 0.250 e. The minimum absolute atomic E-state index is 0.240. The Morgan fingerprint density at radius 1 is 1.14 bits per heavy atom. The quantitative estimate of drug-likeness (QED) is 0.817. The molecule has 0 aliphatic carbocycles. The molecule has 1 aromatic heterocycles. The number of nitrogens with zero attached hydrogens (tertiary/aromatic N) is 1. The number of methoxy groups -OCH3 is 2. The van der Waals surface area contributed by atoms with Crippen molar-refractivity contribution in [2.24, 2.45) is 5.73 Å². The van der Waals surface area contributed by atoms with Gasteiger partial charge < -0.3 is 19.9 Å². The van der Waals surface area contributed by atoms with Gasteiger partial charge in [-0.05, 0) is 12.1 Å². The molecule has 1 amide bonds. The van der Waals surface area contributed by atoms with E-state index in [1.54, 1.807) is 0 Å². The maximum Gasteiger partial charge on any atom is 0.250 e. The van der Waals surface area contributed by atoms with Gasteiger partial charge in [0.2, 0.25) is 11.8 Å². The lowest BCUT2D eigenvalue weighted by Gasteiger charge is -2.12. The lowest BCUT2D eigenvalue weighted by Crippen LogP contribution is -2.10. The summed E-state index contributed by atoms with van der Waals surface area (Å²) >= 11 is 0. The molecule has 0 saturated carbocycles. The molecule has 2 aromatic rings. The van der Waals surface area contributed by atoms with E-state index in [9.17, 15) is 9.59 Å². The number of carbonyl (C=O) groups is 2. The van der Waals surface area contributed by atoms with E-state index in [1.165, 1.54) is 44.7 Å². The van der Waals surface area contributed by atoms with Crippen molar-refractivity contribution < 1.29 is 23.8 Å². The molecule has 0 bridgehead atoms. The molecule has 7 heteroatoms. The Kier molecular flexibility index (Phi) is 4.57. The fourth-order valence-electron chi connectivity index (χ4n) is 1.76. The highest BCUT2D eigenvalue weighted by Crippen LogP contribution is 2.36. The average Bonchev–Trinajstić information content (AvgIpc) is 2.54. The predicted octanol–water partition coefficient (Wildman–Crippen LogP) is 1.80. The van der Waals surface area contributed by atoms with Gasteiger partial charge in [0.05, 0.1) is 25.3 Å². The van der Waals surface area contributed by atoms with Crippen LogP contribution in [-0.2, 0) is 0 Å². The lowest BCUT2D eigenvalue weighted by molar-refractivity contribution is 0.0999. The number of benzene rings is 1. The Balaban J connectivity index is 2.35. The highest BCUT2D eigenvalue weighted by Gasteiger charge is 2.13. The molecule has 0 saturated heterocycles. The topological polar surface area (TPSA) is 101 Å². The SMILES string of the molecule is COc1cc(Oc2ccc(C(N)=O)cn2)c(OC)cc1C=O. The maximum atomic E-state index is 11.0. The van der Waals surface area contributed by atoms with Crippen LogP contribution in [0.1, 0.15) is 20.7 Å². The number of primary amides is 1. The zero-order valence-electron chi connectivity index (χ0n) is 12.0. The van der Waals surface area contributed by atoms with E-state index < -0.39 is 5.91 Å². The summed E-state index contributed by atoms with van der Waals surface area (Å²) < 4.78 is 15.9. The molecule has 1 heterocycles. The summed E-state index contributed by atoms with van der Waals surface area (Å²) in [6, 6.07) is 6.01. The Bertz CT molecular complexity index is 698. The van der Waals surface area contributed by atoms with Gasteiger partial charge in [-0.3, -0.25) is 9.59 Å². The monoisotopic (exact) mass is 302 g/mol. The molecule has 7 nitrogen and oxygen atoms in total. The zero-order valence-corrected chi connectivity index (χ0v) is 12.0. The first-order valence-corrected chi connectivity index (χ1v) is 6.24. The molecule has 0 fully saturated rings. The molecule has 1 aromatic carbocycles. The summed E-state index contributed by atoms with van der Waals surface area (Å²) in [5.41, 5.74) is 5.75. The highest BCUT2D eigenvalue weighted by molar-refractivity contribution is 5.92. The average molecular weight is 302 g/mol. The molecular formula is C15H14N2O5. The summed E-state index contributed by atoms with van der Waals surface area (Å²) in [6.45, 7) is 0. The first-order chi connectivity index (χ1) is 10.6. The van der Waals surface area contributed by atoms with E-state index in [0.29, 0.717) is 29.1 Å². The minimum atomic E-state index is -0.575. The zero-order chi connectivity index (χ0) is 16.1. The molecule has 0 aliphatic heterocycles. The van der Waals surface area contributed by atoms with Gasteiger partial charge in [-0.2, -0.15) is 0 Å². The number of hydrogen-bond donors (Lipinski definition) is 1. The number of nitrogens with two attached hydrogens (primary N) is 1. The Hall–Kier alpha value is -3.09. The summed E-state index contributed by atoms with van der Waals surface area (Å²) in [5.74, 6) is 0.686. The highest BCUT2D eigenvalue weighted by atomic mass is 16.5. The summed E-state index contributed by atoms with van der Waals surface area (Å²) in [4.78, 5) is 26.0. The van der Waals surface area contributed by atoms with Crippen LogP contribution in [0.3, 0.4) is 0 Å². The number of ether oxygens (including phenoxy) is 3. The normalized spacial score (nSPS) is 9.91. The summed E-state index contributed by atoms with van der Waals surface area (Å²) in [5, 5.41) is 0. The number of aromatic nitrogens is 1. The van der Waals surface area contributed by atoms with Gasteiger partial charge >= 0.3 is 0 Å². The van der Waals surface area contributed by atoms with Crippen molar-refractivity contribution in [2.75, 3.05) is 14.2 Å². The summed E-state index contributed by atoms with van der Waals surface area (Å²) in [7, 11) is 2.89. The second-order valence-electron chi connectivity index (χ2n) is 4.21. The number of hydrogen-bond acceptors (Lipinski definition) is 6. The molecule has 2 N–H and O–H groups in total. The molecule has 114 valence electrons. The van der Waals surface area contributed by atoms with E-state index in [0.717, 1.165) is 0 Å². The first-order valence-electron chi connectivity index (χ1n) is 6.24. The van der Waals surface area contributed by atoms with Gasteiger partial charge in [-0.15, -0.1) is 0 Å². The van der Waals surface area contributed by atoms with Gasteiger partial charge in [0.1, 0.15) is 5.75 Å². The Labute approximate surface area is 126 Å². The van der Waals surface area contributed by atoms with E-state index >= 15 is 0 Å². The van der Waals surface area contributed by atoms with Crippen LogP contribution in [-0.4, -0.2) is 31.4 Å². The Morgan fingerprint density at radius 2 is 1.86 bits per heavy atom. The Morgan fingerprint density at radius 3 is 2.36 bits per heavy atom. The maximum absolute atomic E-state index is 11.0. The number of aldehydes is 1. The van der Waals surface area contributed by atoms with E-state index in [1.807, 2.05) is 0 Å². The van der Waals surface area contributed by atoms with Crippen LogP contribution < -0.4 is 19.9 Å². The first kappa shape index (κ1) is 15.3. The number of pyridine rings is 1. The fourth-order valence-corrected chi connectivity index (χ4v) is 1.76. The van der Waals surface area contributed by atoms with Crippen LogP contribution in [0.4, 0.5) is 0 Å². The van der Waals surface area contributed by atoms with Gasteiger partial charge in [0, 0.05) is 18.3 Å². The second kappa shape index (κ2) is 6.57. The van der Waals surface area contributed by atoms with Crippen molar-refractivity contribution in [1.82, 2.24) is 4.98 Å². The van der Waals surface area contributed by atoms with Crippen LogP contribution in [0.25, 0.3) is 0 Å². The molecule has 0 atom stereocenters. The number of rotatable bonds is 6. The molecule has 2 rings (SSSR count). The molecule has 0 spiro atoms. The van der Waals surface area contributed by atoms with Crippen molar-refractivity contribution in [3.05, 3.63) is 41.6 Å². The van der Waals surface area contributed by atoms with Crippen LogP contribution in [0.15, 0.2) is 30.5 Å². The van der Waals surface area contributed by atoms with Gasteiger partial charge in [-0.25, -0.2) is 4.98 Å². The third kappa shape index (κ3) is 3.14. The van der Waals surface area contributed by atoms with Crippen LogP contribution in [0.2, 0.25) is 0 Å². The van der Waals surface area contributed by atoms with Gasteiger partial charge in [-0.1, -0.05) is 0 Å². The van der Waals surface area contributed by atoms with E-state index in [2.05, 4.69) is 4.98 Å². The number of carbonyl (C=O) groups excluding carboxylic acids is 2. The van der Waals surface area contributed by atoms with Crippen molar-refractivity contribution in [2.45, 2.75) is 0 Å². The molecule has 0 unspecified atom stereocenters. The third-order valence-electron chi connectivity index (χ3n) is 2.88. The van der Waals surface area contributed by atoms with Gasteiger partial charge in [0.15, 0.2) is 17.8 Å². The minimum Gasteiger partial charge on any atom is -0.496 e. The second-order valence-corrected chi connectivity index (χ2v) is 4.21. The largest absolute Gasteiger partial charge is 0.496 e. The summed E-state index contributed by atoms with van der Waals surface area (Å²) in [6.07, 6.45) is 1.96. The van der Waals surface area contributed by atoms with Crippen molar-refractivity contribution in [3.63, 3.8) is 0 Å². The van der Waals surface area contributed by atoms with Crippen molar-refractivity contribution in [3.8, 4) is 23.1 Å². The van der Waals surface area contributed by atoms with E-state index in [-0.39, 0.29) is 11.4 Å². The van der Waals surface area contributed by atoms with Crippen LogP contribution in [0.5, 0.6) is 23.1 Å². The molecule has 22 heavy (non-hydrogen) atoms. The molecular weight excluding hydrogens is 288 g/mol. The number of amides is 1. The molecule has 0 aliphatic rings. The standard InChI is InChI=1S/C15H14N2O5/c1-20-11-6-13(12(21-2)5-10(11)8-18)22-14-4-3-9(7-17-14)15(16)19/h3-8H,1-2H3,(H2,16,19). The van der Waals surface area contributed by atoms with Crippen molar-refractivity contribution >= 4 is 12.2 Å². The fraction of sp³-hybridized carbons (Fsp3) is 0.133. The van der Waals surface area contributed by atoms with Crippen LogP contribution in [0, 0.1) is 0 Å².